The molecule has 0 aliphatic rings. The van der Waals surface area contributed by atoms with Gasteiger partial charge in [-0.2, -0.15) is 0 Å². The van der Waals surface area contributed by atoms with Crippen LogP contribution in [0.2, 0.25) is 5.02 Å². The first-order valence-electron chi connectivity index (χ1n) is 6.13. The number of nitrogens with two attached hydrogens (primary N) is 1. The fraction of sp³-hybridized carbons (Fsp3) is 0.286. The van der Waals surface area contributed by atoms with Crippen molar-refractivity contribution in [3.63, 3.8) is 0 Å². The zero-order chi connectivity index (χ0) is 14.9. The molecule has 2 aromatic rings. The molecular weight excluding hydrogens is 278 g/mol. The molecule has 1 atom stereocenters. The lowest BCUT2D eigenvalue weighted by molar-refractivity contribution is 0.0595. The van der Waals surface area contributed by atoms with Crippen LogP contribution in [0, 0.1) is 6.92 Å². The quantitative estimate of drug-likeness (QED) is 0.884. The number of nitrogens with zero attached hydrogens (tertiary/aromatic N) is 2. The van der Waals surface area contributed by atoms with E-state index < -0.39 is 5.97 Å². The monoisotopic (exact) mass is 293 g/mol. The van der Waals surface area contributed by atoms with Crippen LogP contribution in [0.25, 0.3) is 0 Å². The Balaban J connectivity index is 2.47. The van der Waals surface area contributed by atoms with Crippen molar-refractivity contribution in [3.8, 4) is 0 Å². The Kier molecular flexibility index (Phi) is 3.99. The van der Waals surface area contributed by atoms with Gasteiger partial charge >= 0.3 is 5.97 Å². The van der Waals surface area contributed by atoms with Crippen LogP contribution in [-0.2, 0) is 4.74 Å². The van der Waals surface area contributed by atoms with Gasteiger partial charge in [0.2, 0.25) is 0 Å². The SMILES string of the molecule is COC(=O)c1nc(C)n(C(C)c2cccc(Cl)c2)c1N. The number of hydrogen-bond acceptors (Lipinski definition) is 4. The van der Waals surface area contributed by atoms with Gasteiger partial charge in [-0.1, -0.05) is 23.7 Å². The largest absolute Gasteiger partial charge is 0.464 e. The lowest BCUT2D eigenvalue weighted by atomic mass is 10.1. The second kappa shape index (κ2) is 5.54. The number of carbonyl (C=O) groups is 1. The van der Waals surface area contributed by atoms with Crippen molar-refractivity contribution in [1.82, 2.24) is 9.55 Å². The molecule has 0 radical (unpaired) electrons. The van der Waals surface area contributed by atoms with E-state index in [-0.39, 0.29) is 11.7 Å². The maximum Gasteiger partial charge on any atom is 0.360 e. The summed E-state index contributed by atoms with van der Waals surface area (Å²) in [5.41, 5.74) is 7.15. The maximum atomic E-state index is 11.6. The number of anilines is 1. The van der Waals surface area contributed by atoms with Crippen molar-refractivity contribution in [2.75, 3.05) is 12.8 Å². The van der Waals surface area contributed by atoms with E-state index in [0.29, 0.717) is 16.7 Å². The third-order valence-corrected chi connectivity index (χ3v) is 3.46. The van der Waals surface area contributed by atoms with Gasteiger partial charge in [0.05, 0.1) is 13.2 Å². The number of benzene rings is 1. The number of carbonyl (C=O) groups excluding carboxylic acids is 1. The number of aromatic nitrogens is 2. The molecule has 0 saturated heterocycles. The van der Waals surface area contributed by atoms with E-state index in [1.165, 1.54) is 7.11 Å². The van der Waals surface area contributed by atoms with Crippen LogP contribution in [0.5, 0.6) is 0 Å². The molecule has 0 amide bonds. The molecule has 106 valence electrons. The zero-order valence-electron chi connectivity index (χ0n) is 11.6. The Morgan fingerprint density at radius 2 is 2.20 bits per heavy atom. The fourth-order valence-electron chi connectivity index (χ4n) is 2.21. The predicted octanol–water partition coefficient (Wildman–Crippen LogP) is 2.82. The lowest BCUT2D eigenvalue weighted by Gasteiger charge is -2.17. The third kappa shape index (κ3) is 2.49. The van der Waals surface area contributed by atoms with Crippen LogP contribution in [-0.4, -0.2) is 22.6 Å². The number of esters is 1. The Morgan fingerprint density at radius 3 is 2.80 bits per heavy atom. The Morgan fingerprint density at radius 1 is 1.50 bits per heavy atom. The summed E-state index contributed by atoms with van der Waals surface area (Å²) in [5.74, 6) is 0.403. The first-order chi connectivity index (χ1) is 9.45. The molecule has 2 N–H and O–H groups in total. The minimum absolute atomic E-state index is 0.0837. The number of halogens is 1. The van der Waals surface area contributed by atoms with E-state index >= 15 is 0 Å². The third-order valence-electron chi connectivity index (χ3n) is 3.22. The van der Waals surface area contributed by atoms with Crippen LogP contribution in [0.4, 0.5) is 5.82 Å². The number of hydrogen-bond donors (Lipinski definition) is 1. The topological polar surface area (TPSA) is 70.1 Å². The predicted molar refractivity (Wildman–Crippen MR) is 78.0 cm³/mol. The van der Waals surface area contributed by atoms with Gasteiger partial charge in [0.15, 0.2) is 5.69 Å². The van der Waals surface area contributed by atoms with Crippen molar-refractivity contribution >= 4 is 23.4 Å². The summed E-state index contributed by atoms with van der Waals surface area (Å²) in [6, 6.07) is 7.41. The van der Waals surface area contributed by atoms with Crippen LogP contribution in [0.15, 0.2) is 24.3 Å². The number of aryl methyl sites for hydroxylation is 1. The highest BCUT2D eigenvalue weighted by Gasteiger charge is 2.22. The molecule has 0 bridgehead atoms. The minimum atomic E-state index is -0.539. The number of rotatable bonds is 3. The summed E-state index contributed by atoms with van der Waals surface area (Å²) in [7, 11) is 1.30. The Labute approximate surface area is 122 Å². The van der Waals surface area contributed by atoms with E-state index in [1.807, 2.05) is 31.2 Å². The molecule has 1 aromatic carbocycles. The summed E-state index contributed by atoms with van der Waals surface area (Å²) < 4.78 is 6.46. The average Bonchev–Trinajstić information content (AvgIpc) is 2.72. The first-order valence-corrected chi connectivity index (χ1v) is 6.51. The zero-order valence-corrected chi connectivity index (χ0v) is 12.3. The lowest BCUT2D eigenvalue weighted by Crippen LogP contribution is -2.13. The van der Waals surface area contributed by atoms with Gasteiger partial charge in [-0.05, 0) is 31.5 Å². The van der Waals surface area contributed by atoms with Crippen LogP contribution in [0.1, 0.15) is 34.8 Å². The van der Waals surface area contributed by atoms with Gasteiger partial charge in [-0.3, -0.25) is 0 Å². The van der Waals surface area contributed by atoms with Gasteiger partial charge < -0.3 is 15.0 Å². The molecule has 2 rings (SSSR count). The van der Waals surface area contributed by atoms with E-state index in [9.17, 15) is 4.79 Å². The number of methoxy groups -OCH3 is 1. The number of imidazole rings is 1. The van der Waals surface area contributed by atoms with Gasteiger partial charge in [0.1, 0.15) is 11.6 Å². The fourth-order valence-corrected chi connectivity index (χ4v) is 2.41. The van der Waals surface area contributed by atoms with Gasteiger partial charge in [-0.25, -0.2) is 9.78 Å². The normalized spacial score (nSPS) is 12.2. The van der Waals surface area contributed by atoms with Gasteiger partial charge in [0.25, 0.3) is 0 Å². The summed E-state index contributed by atoms with van der Waals surface area (Å²) in [4.78, 5) is 15.8. The summed E-state index contributed by atoms with van der Waals surface area (Å²) in [5, 5.41) is 0.652. The van der Waals surface area contributed by atoms with Crippen molar-refractivity contribution in [3.05, 3.63) is 46.4 Å². The van der Waals surface area contributed by atoms with Gasteiger partial charge in [0, 0.05) is 5.02 Å². The number of nitrogen functional groups attached to an aromatic ring is 1. The van der Waals surface area contributed by atoms with Gasteiger partial charge in [-0.15, -0.1) is 0 Å². The molecular formula is C14H16ClN3O2. The highest BCUT2D eigenvalue weighted by atomic mass is 35.5. The first kappa shape index (κ1) is 14.4. The molecule has 0 spiro atoms. The maximum absolute atomic E-state index is 11.6. The molecule has 5 nitrogen and oxygen atoms in total. The van der Waals surface area contributed by atoms with Crippen molar-refractivity contribution in [1.29, 1.82) is 0 Å². The standard InChI is InChI=1S/C14H16ClN3O2/c1-8(10-5-4-6-11(15)7-10)18-9(2)17-12(13(18)16)14(19)20-3/h4-8H,16H2,1-3H3. The van der Waals surface area contributed by atoms with E-state index in [1.54, 1.807) is 11.5 Å². The minimum Gasteiger partial charge on any atom is -0.464 e. The smallest absolute Gasteiger partial charge is 0.360 e. The van der Waals surface area contributed by atoms with Crippen molar-refractivity contribution < 1.29 is 9.53 Å². The molecule has 0 aliphatic heterocycles. The molecule has 1 aromatic heterocycles. The molecule has 1 heterocycles. The summed E-state index contributed by atoms with van der Waals surface area (Å²) >= 11 is 6.00. The number of ether oxygens (including phenoxy) is 1. The van der Waals surface area contributed by atoms with Crippen LogP contribution in [0.3, 0.4) is 0 Å². The highest BCUT2D eigenvalue weighted by Crippen LogP contribution is 2.27. The Hall–Kier alpha value is -2.01. The van der Waals surface area contributed by atoms with Crippen molar-refractivity contribution in [2.24, 2.45) is 0 Å². The second-order valence-electron chi connectivity index (χ2n) is 4.49. The summed E-state index contributed by atoms with van der Waals surface area (Å²) in [6.45, 7) is 3.77. The van der Waals surface area contributed by atoms with Crippen LogP contribution < -0.4 is 5.73 Å². The highest BCUT2D eigenvalue weighted by molar-refractivity contribution is 6.30. The average molecular weight is 294 g/mol. The molecule has 6 heteroatoms. The molecule has 1 unspecified atom stereocenters. The Bertz CT molecular complexity index is 652. The molecule has 0 saturated carbocycles. The summed E-state index contributed by atoms with van der Waals surface area (Å²) in [6.07, 6.45) is 0. The molecule has 0 fully saturated rings. The molecule has 0 aliphatic carbocycles. The molecule has 20 heavy (non-hydrogen) atoms. The van der Waals surface area contributed by atoms with Crippen LogP contribution >= 0.6 is 11.6 Å². The second-order valence-corrected chi connectivity index (χ2v) is 4.92. The van der Waals surface area contributed by atoms with E-state index in [0.717, 1.165) is 5.56 Å². The van der Waals surface area contributed by atoms with E-state index in [2.05, 4.69) is 9.72 Å². The van der Waals surface area contributed by atoms with E-state index in [4.69, 9.17) is 17.3 Å². The van der Waals surface area contributed by atoms with Crippen molar-refractivity contribution in [2.45, 2.75) is 19.9 Å².